The fourth-order valence-corrected chi connectivity index (χ4v) is 2.88. The molecular weight excluding hydrogens is 342 g/mol. The molecule has 0 bridgehead atoms. The summed E-state index contributed by atoms with van der Waals surface area (Å²) in [7, 11) is 1.62. The number of fused-ring (bicyclic) bond motifs is 1. The second-order valence-corrected chi connectivity index (χ2v) is 6.79. The lowest BCUT2D eigenvalue weighted by Crippen LogP contribution is -2.19. The number of hydrogen-bond donors (Lipinski definition) is 2. The topological polar surface area (TPSA) is 89.3 Å². The van der Waals surface area contributed by atoms with Crippen molar-refractivity contribution in [1.29, 1.82) is 0 Å². The van der Waals surface area contributed by atoms with E-state index in [2.05, 4.69) is 53.5 Å². The summed E-state index contributed by atoms with van der Waals surface area (Å²) in [5.41, 5.74) is 2.30. The normalized spacial score (nSPS) is 11.4. The van der Waals surface area contributed by atoms with Gasteiger partial charge < -0.3 is 15.4 Å². The molecule has 0 unspecified atom stereocenters. The van der Waals surface area contributed by atoms with Crippen LogP contribution >= 0.6 is 0 Å². The van der Waals surface area contributed by atoms with Gasteiger partial charge in [-0.1, -0.05) is 27.7 Å². The first-order valence-electron chi connectivity index (χ1n) is 9.34. The van der Waals surface area contributed by atoms with E-state index in [1.54, 1.807) is 19.5 Å². The average Bonchev–Trinajstić information content (AvgIpc) is 3.10. The van der Waals surface area contributed by atoms with Crippen LogP contribution < -0.4 is 15.4 Å². The fraction of sp³-hybridized carbons (Fsp3) is 0.474. The molecule has 0 aliphatic rings. The third-order valence-corrected chi connectivity index (χ3v) is 4.48. The van der Waals surface area contributed by atoms with Crippen LogP contribution in [0.15, 0.2) is 24.5 Å². The minimum absolute atomic E-state index is 0.210. The highest BCUT2D eigenvalue weighted by atomic mass is 16.5. The van der Waals surface area contributed by atoms with Gasteiger partial charge >= 0.3 is 0 Å². The van der Waals surface area contributed by atoms with E-state index in [4.69, 9.17) is 9.84 Å². The van der Waals surface area contributed by atoms with Crippen molar-refractivity contribution in [3.05, 3.63) is 30.4 Å². The Morgan fingerprint density at radius 1 is 1.11 bits per heavy atom. The lowest BCUT2D eigenvalue weighted by molar-refractivity contribution is 0.413. The number of methoxy groups -OCH3 is 1. The Labute approximate surface area is 159 Å². The largest absolute Gasteiger partial charge is 0.495 e. The highest BCUT2D eigenvalue weighted by Crippen LogP contribution is 2.27. The highest BCUT2D eigenvalue weighted by molar-refractivity contribution is 5.75. The highest BCUT2D eigenvalue weighted by Gasteiger charge is 2.17. The molecule has 8 nitrogen and oxygen atoms in total. The summed E-state index contributed by atoms with van der Waals surface area (Å²) >= 11 is 0. The minimum Gasteiger partial charge on any atom is -0.495 e. The predicted octanol–water partition coefficient (Wildman–Crippen LogP) is 4.00. The number of hydrogen-bond acceptors (Lipinski definition) is 7. The van der Waals surface area contributed by atoms with E-state index in [1.807, 2.05) is 16.6 Å². The molecule has 27 heavy (non-hydrogen) atoms. The second-order valence-electron chi connectivity index (χ2n) is 6.79. The molecule has 0 saturated heterocycles. The molecule has 0 saturated carbocycles. The average molecular weight is 369 g/mol. The van der Waals surface area contributed by atoms with Crippen LogP contribution in [0, 0.1) is 0 Å². The van der Waals surface area contributed by atoms with Crippen LogP contribution in [0.5, 0.6) is 5.75 Å². The molecule has 0 aliphatic carbocycles. The number of nitrogens with one attached hydrogen (secondary N) is 2. The van der Waals surface area contributed by atoms with Gasteiger partial charge in [0.05, 0.1) is 30.9 Å². The summed E-state index contributed by atoms with van der Waals surface area (Å²) in [5, 5.41) is 20.3. The maximum Gasteiger partial charge on any atom is 0.201 e. The van der Waals surface area contributed by atoms with Crippen LogP contribution in [0.4, 0.5) is 17.2 Å². The molecule has 0 spiro atoms. The third-order valence-electron chi connectivity index (χ3n) is 4.48. The first-order valence-corrected chi connectivity index (χ1v) is 9.34. The third kappa shape index (κ3) is 4.10. The number of aromatic nitrogens is 5. The van der Waals surface area contributed by atoms with E-state index in [9.17, 15) is 0 Å². The zero-order valence-electron chi connectivity index (χ0n) is 16.5. The van der Waals surface area contributed by atoms with E-state index in [0.29, 0.717) is 17.4 Å². The van der Waals surface area contributed by atoms with Crippen molar-refractivity contribution in [3.8, 4) is 5.75 Å². The fourth-order valence-electron chi connectivity index (χ4n) is 2.88. The molecule has 0 aliphatic heterocycles. The Morgan fingerprint density at radius 2 is 1.89 bits per heavy atom. The van der Waals surface area contributed by atoms with Gasteiger partial charge in [-0.05, 0) is 12.8 Å². The number of rotatable bonds is 8. The van der Waals surface area contributed by atoms with Crippen molar-refractivity contribution in [1.82, 2.24) is 24.8 Å². The van der Waals surface area contributed by atoms with E-state index in [-0.39, 0.29) is 5.92 Å². The maximum absolute atomic E-state index is 5.26. The smallest absolute Gasteiger partial charge is 0.201 e. The second kappa shape index (κ2) is 8.20. The molecule has 144 valence electrons. The lowest BCUT2D eigenvalue weighted by atomic mass is 10.2. The molecule has 3 rings (SSSR count). The van der Waals surface area contributed by atoms with Gasteiger partial charge in [-0.2, -0.15) is 4.52 Å². The molecule has 3 aromatic rings. The van der Waals surface area contributed by atoms with Crippen LogP contribution in [0.3, 0.4) is 0 Å². The number of pyridine rings is 1. The van der Waals surface area contributed by atoms with Gasteiger partial charge in [-0.25, -0.2) is 0 Å². The van der Waals surface area contributed by atoms with Crippen molar-refractivity contribution in [3.63, 3.8) is 0 Å². The Bertz CT molecular complexity index is 902. The van der Waals surface area contributed by atoms with Gasteiger partial charge in [0.2, 0.25) is 5.65 Å². The first-order chi connectivity index (χ1) is 13.0. The van der Waals surface area contributed by atoms with E-state index < -0.39 is 0 Å². The van der Waals surface area contributed by atoms with E-state index in [0.717, 1.165) is 35.9 Å². The summed E-state index contributed by atoms with van der Waals surface area (Å²) in [6.45, 7) is 8.49. The van der Waals surface area contributed by atoms with Gasteiger partial charge in [0.25, 0.3) is 0 Å². The zero-order valence-corrected chi connectivity index (χ0v) is 16.5. The summed E-state index contributed by atoms with van der Waals surface area (Å²) in [6, 6.07) is 4.21. The van der Waals surface area contributed by atoms with Crippen LogP contribution in [-0.4, -0.2) is 37.9 Å². The van der Waals surface area contributed by atoms with Crippen molar-refractivity contribution in [2.75, 3.05) is 17.7 Å². The summed E-state index contributed by atoms with van der Waals surface area (Å²) < 4.78 is 7.07. The quantitative estimate of drug-likeness (QED) is 0.620. The number of nitrogens with zero attached hydrogens (tertiary/aromatic N) is 5. The van der Waals surface area contributed by atoms with Crippen LogP contribution in [-0.2, 0) is 0 Å². The standard InChI is InChI=1S/C19H27N7O/c1-6-13(7-2)22-17-9-16(21-14-8-15(27-5)11-20-10-14)19-24-23-18(12(3)4)26(19)25-17/h8-13,21H,6-7H2,1-5H3,(H,22,25). The zero-order chi connectivity index (χ0) is 19.4. The Balaban J connectivity index is 2.05. The Morgan fingerprint density at radius 3 is 2.56 bits per heavy atom. The first kappa shape index (κ1) is 18.9. The van der Waals surface area contributed by atoms with Crippen molar-refractivity contribution in [2.45, 2.75) is 52.5 Å². The van der Waals surface area contributed by atoms with Crippen molar-refractivity contribution < 1.29 is 4.74 Å². The van der Waals surface area contributed by atoms with E-state index >= 15 is 0 Å². The Kier molecular flexibility index (Phi) is 5.73. The summed E-state index contributed by atoms with van der Waals surface area (Å²) in [5.74, 6) is 2.51. The molecule has 0 amide bonds. The van der Waals surface area contributed by atoms with Crippen molar-refractivity contribution >= 4 is 22.8 Å². The van der Waals surface area contributed by atoms with Gasteiger partial charge in [0.1, 0.15) is 11.6 Å². The lowest BCUT2D eigenvalue weighted by Gasteiger charge is -2.17. The van der Waals surface area contributed by atoms with Gasteiger partial charge in [0, 0.05) is 24.1 Å². The van der Waals surface area contributed by atoms with Gasteiger partial charge in [-0.15, -0.1) is 15.3 Å². The van der Waals surface area contributed by atoms with Gasteiger partial charge in [0.15, 0.2) is 5.82 Å². The van der Waals surface area contributed by atoms with Crippen molar-refractivity contribution in [2.24, 2.45) is 0 Å². The predicted molar refractivity (Wildman–Crippen MR) is 107 cm³/mol. The monoisotopic (exact) mass is 369 g/mol. The molecule has 0 atom stereocenters. The summed E-state index contributed by atoms with van der Waals surface area (Å²) in [6.07, 6.45) is 5.46. The number of anilines is 3. The molecule has 2 N–H and O–H groups in total. The summed E-state index contributed by atoms with van der Waals surface area (Å²) in [4.78, 5) is 4.20. The van der Waals surface area contributed by atoms with Crippen LogP contribution in [0.25, 0.3) is 5.65 Å². The minimum atomic E-state index is 0.210. The SMILES string of the molecule is CCC(CC)Nc1cc(Nc2cncc(OC)c2)c2nnc(C(C)C)n2n1. The number of ether oxygens (including phenoxy) is 1. The molecule has 0 aromatic carbocycles. The van der Waals surface area contributed by atoms with Crippen LogP contribution in [0.1, 0.15) is 52.3 Å². The molecule has 0 radical (unpaired) electrons. The molecule has 3 aromatic heterocycles. The molecule has 0 fully saturated rings. The maximum atomic E-state index is 5.26. The molecular formula is C19H27N7O. The molecule has 8 heteroatoms. The molecule has 3 heterocycles. The Hall–Kier alpha value is -2.90. The van der Waals surface area contributed by atoms with E-state index in [1.165, 1.54) is 0 Å². The van der Waals surface area contributed by atoms with Gasteiger partial charge in [-0.3, -0.25) is 4.98 Å². The van der Waals surface area contributed by atoms with Crippen LogP contribution in [0.2, 0.25) is 0 Å².